The Hall–Kier alpha value is -7.17. The number of aromatic carboxylic acids is 1. The minimum absolute atomic E-state index is 0.0219. The minimum atomic E-state index is -1.10. The van der Waals surface area contributed by atoms with E-state index in [2.05, 4.69) is 44.5 Å². The molecule has 15 nitrogen and oxygen atoms in total. The average Bonchev–Trinajstić information content (AvgIpc) is 3.97. The van der Waals surface area contributed by atoms with E-state index in [9.17, 15) is 24.3 Å². The number of carboxylic acid groups (broad SMARTS) is 1. The number of hydrogen-bond acceptors (Lipinski definition) is 12. The number of carboxylic acids is 1. The Bertz CT molecular complexity index is 3230. The van der Waals surface area contributed by atoms with Crippen LogP contribution in [0.3, 0.4) is 0 Å². The minimum Gasteiger partial charge on any atom is -0.490 e. The molecule has 376 valence electrons. The highest BCUT2D eigenvalue weighted by atomic mass is 32.1. The number of pyridine rings is 1. The topological polar surface area (TPSA) is 175 Å². The second-order valence-electron chi connectivity index (χ2n) is 20.4. The fourth-order valence-corrected chi connectivity index (χ4v) is 12.7. The van der Waals surface area contributed by atoms with Crippen molar-refractivity contribution in [1.82, 2.24) is 30.0 Å². The van der Waals surface area contributed by atoms with Crippen molar-refractivity contribution in [2.45, 2.75) is 83.8 Å². The van der Waals surface area contributed by atoms with Crippen LogP contribution in [0.4, 0.5) is 16.6 Å². The Kier molecular flexibility index (Phi) is 13.4. The molecule has 0 radical (unpaired) electrons. The maximum Gasteiger partial charge on any atom is 0.355 e. The number of rotatable bonds is 13. The summed E-state index contributed by atoms with van der Waals surface area (Å²) in [6.45, 7) is 10.3. The van der Waals surface area contributed by atoms with Crippen LogP contribution in [0.15, 0.2) is 91.0 Å². The highest BCUT2D eigenvalue weighted by molar-refractivity contribution is 7.22. The number of carbonyl (C=O) groups is 4. The van der Waals surface area contributed by atoms with Gasteiger partial charge in [0.15, 0.2) is 10.8 Å². The second-order valence-corrected chi connectivity index (χ2v) is 21.5. The summed E-state index contributed by atoms with van der Waals surface area (Å²) in [5.74, 6) is 0.299. The molecule has 2 saturated heterocycles. The van der Waals surface area contributed by atoms with Crippen LogP contribution in [-0.2, 0) is 29.6 Å². The molecule has 4 aromatic carbocycles. The van der Waals surface area contributed by atoms with E-state index in [1.807, 2.05) is 102 Å². The number of nitrogens with one attached hydrogen (secondary N) is 2. The number of carbonyl (C=O) groups excluding carboxylic acids is 3. The number of anilines is 3. The molecule has 2 atom stereocenters. The number of ether oxygens (including phenoxy) is 1. The first-order valence-electron chi connectivity index (χ1n) is 25.7. The first kappa shape index (κ1) is 48.1. The molecule has 3 N–H and O–H groups in total. The Morgan fingerprint density at radius 3 is 2.44 bits per heavy atom. The van der Waals surface area contributed by atoms with Crippen LogP contribution >= 0.6 is 11.3 Å². The summed E-state index contributed by atoms with van der Waals surface area (Å²) in [5, 5.41) is 22.4. The summed E-state index contributed by atoms with van der Waals surface area (Å²) in [5.41, 5.74) is 8.49. The van der Waals surface area contributed by atoms with Crippen molar-refractivity contribution in [3.05, 3.63) is 125 Å². The predicted octanol–water partition coefficient (Wildman–Crippen LogP) is 9.37. The lowest BCUT2D eigenvalue weighted by molar-refractivity contribution is -0.134. The molecule has 3 aliphatic heterocycles. The molecule has 16 heteroatoms. The molecule has 0 spiro atoms. The molecule has 11 rings (SSSR count). The summed E-state index contributed by atoms with van der Waals surface area (Å²) >= 11 is 1.44. The van der Waals surface area contributed by atoms with Crippen molar-refractivity contribution in [2.75, 3.05) is 54.4 Å². The zero-order valence-electron chi connectivity index (χ0n) is 41.6. The SMILES string of the molecule is Cc1c(O[C@H]2CC[C@H](C[C@H](C)CN3CCN(c4cccc5c(C6CCC(=O)NC6=O)nn(C)c45)CC3)CC2)cccc1-c1ccc(N2CCc3cccc(C(=O)Nc4nc5ccccc5s4)c3C2)nc1C(=O)O. The average molecular weight is 1000 g/mol. The molecular weight excluding hydrogens is 939 g/mol. The van der Waals surface area contributed by atoms with Crippen molar-refractivity contribution in [1.29, 1.82) is 0 Å². The molecule has 4 aliphatic rings. The van der Waals surface area contributed by atoms with Crippen LogP contribution in [0.25, 0.3) is 32.2 Å². The largest absolute Gasteiger partial charge is 0.490 e. The van der Waals surface area contributed by atoms with E-state index in [0.717, 1.165) is 119 Å². The maximum absolute atomic E-state index is 13.7. The van der Waals surface area contributed by atoms with E-state index < -0.39 is 11.9 Å². The quantitative estimate of drug-likeness (QED) is 0.0936. The van der Waals surface area contributed by atoms with E-state index in [4.69, 9.17) is 14.8 Å². The Morgan fingerprint density at radius 2 is 1.64 bits per heavy atom. The third-order valence-corrected chi connectivity index (χ3v) is 16.5. The third-order valence-electron chi connectivity index (χ3n) is 15.6. The van der Waals surface area contributed by atoms with Crippen molar-refractivity contribution in [2.24, 2.45) is 18.9 Å². The van der Waals surface area contributed by atoms with Gasteiger partial charge in [0.05, 0.1) is 39.1 Å². The molecule has 3 fully saturated rings. The monoisotopic (exact) mass is 999 g/mol. The second kappa shape index (κ2) is 20.4. The van der Waals surface area contributed by atoms with Gasteiger partial charge in [-0.1, -0.05) is 66.8 Å². The summed E-state index contributed by atoms with van der Waals surface area (Å²) in [7, 11) is 1.94. The van der Waals surface area contributed by atoms with Crippen molar-refractivity contribution in [3.8, 4) is 16.9 Å². The van der Waals surface area contributed by atoms with Gasteiger partial charge in [-0.05, 0) is 128 Å². The molecule has 1 unspecified atom stereocenters. The summed E-state index contributed by atoms with van der Waals surface area (Å²) in [6, 6.07) is 29.4. The highest BCUT2D eigenvalue weighted by Crippen LogP contribution is 2.39. The number of amides is 3. The van der Waals surface area contributed by atoms with Gasteiger partial charge in [0.1, 0.15) is 11.6 Å². The molecule has 3 aromatic heterocycles. The number of nitrogens with zero attached hydrogens (tertiary/aromatic N) is 7. The molecule has 7 aromatic rings. The number of aromatic nitrogens is 4. The lowest BCUT2D eigenvalue weighted by Crippen LogP contribution is -2.47. The van der Waals surface area contributed by atoms with Crippen molar-refractivity contribution in [3.63, 3.8) is 0 Å². The lowest BCUT2D eigenvalue weighted by Gasteiger charge is -2.38. The van der Waals surface area contributed by atoms with Gasteiger partial charge in [-0.15, -0.1) is 0 Å². The van der Waals surface area contributed by atoms with Crippen molar-refractivity contribution >= 4 is 72.8 Å². The standard InChI is InChI=1S/C57H61N9O6S/c1-34(32-64-27-29-65(30-28-64)46-14-7-12-42-51(62-63(3)53(42)46)43-22-24-50(67)60-55(43)69)31-36-17-19-38(20-18-36)72-47-15-8-10-39(35(47)2)40-21-23-49(59-52(40)56(70)71)66-26-25-37-9-6-11-41(44(37)33-66)54(68)61-57-58-45-13-4-5-16-48(45)73-57/h4-16,21,23,34,36,38,43H,17-20,22,24-33H2,1-3H3,(H,70,71)(H,58,61,68)(H,60,67,69)/t34-,36-,38-,43?/m0/s1. The maximum atomic E-state index is 13.7. The first-order valence-corrected chi connectivity index (χ1v) is 26.6. The molecule has 6 heterocycles. The van der Waals surface area contributed by atoms with Crippen LogP contribution in [0.5, 0.6) is 5.75 Å². The first-order chi connectivity index (χ1) is 35.4. The molecule has 1 aliphatic carbocycles. The number of aryl methyl sites for hydroxylation is 1. The third kappa shape index (κ3) is 9.89. The van der Waals surface area contributed by atoms with E-state index in [1.165, 1.54) is 17.8 Å². The fourth-order valence-electron chi connectivity index (χ4n) is 11.8. The van der Waals surface area contributed by atoms with Gasteiger partial charge in [0.2, 0.25) is 11.8 Å². The van der Waals surface area contributed by atoms with E-state index in [0.29, 0.717) is 66.3 Å². The number of piperidine rings is 1. The fraction of sp³-hybridized carbons (Fsp3) is 0.386. The van der Waals surface area contributed by atoms with Gasteiger partial charge in [0.25, 0.3) is 5.91 Å². The van der Waals surface area contributed by atoms with E-state index >= 15 is 0 Å². The summed E-state index contributed by atoms with van der Waals surface area (Å²) in [4.78, 5) is 67.6. The van der Waals surface area contributed by atoms with Crippen LogP contribution in [0.2, 0.25) is 0 Å². The summed E-state index contributed by atoms with van der Waals surface area (Å²) in [6.07, 6.45) is 6.95. The predicted molar refractivity (Wildman–Crippen MR) is 285 cm³/mol. The normalized spacial score (nSPS) is 20.0. The lowest BCUT2D eigenvalue weighted by atomic mass is 9.82. The zero-order chi connectivity index (χ0) is 50.3. The van der Waals surface area contributed by atoms with Crippen LogP contribution < -0.4 is 25.2 Å². The molecule has 1 saturated carbocycles. The highest BCUT2D eigenvalue weighted by Gasteiger charge is 2.34. The van der Waals surface area contributed by atoms with E-state index in [1.54, 1.807) is 0 Å². The molecule has 73 heavy (non-hydrogen) atoms. The van der Waals surface area contributed by atoms with Gasteiger partial charge in [-0.3, -0.25) is 34.6 Å². The van der Waals surface area contributed by atoms with Gasteiger partial charge >= 0.3 is 5.97 Å². The van der Waals surface area contributed by atoms with Gasteiger partial charge < -0.3 is 19.6 Å². The number of fused-ring (bicyclic) bond motifs is 3. The number of para-hydroxylation sites is 2. The van der Waals surface area contributed by atoms with Crippen LogP contribution in [0, 0.1) is 18.8 Å². The van der Waals surface area contributed by atoms with Gasteiger partial charge in [0, 0.05) is 75.8 Å². The zero-order valence-corrected chi connectivity index (χ0v) is 42.4. The van der Waals surface area contributed by atoms with Crippen molar-refractivity contribution < 1.29 is 29.0 Å². The van der Waals surface area contributed by atoms with Gasteiger partial charge in [-0.25, -0.2) is 14.8 Å². The van der Waals surface area contributed by atoms with Gasteiger partial charge in [-0.2, -0.15) is 5.10 Å². The van der Waals surface area contributed by atoms with E-state index in [-0.39, 0.29) is 29.5 Å². The summed E-state index contributed by atoms with van der Waals surface area (Å²) < 4.78 is 9.62. The molecular formula is C57H61N9O6S. The van der Waals surface area contributed by atoms with Crippen LogP contribution in [0.1, 0.15) is 101 Å². The Morgan fingerprint density at radius 1 is 0.849 bits per heavy atom. The smallest absolute Gasteiger partial charge is 0.355 e. The molecule has 0 bridgehead atoms. The Balaban J connectivity index is 0.681. The number of piperazine rings is 1. The molecule has 3 amide bonds. The number of thiazole rings is 1. The number of imide groups is 1. The number of benzene rings is 4. The number of hydrogen-bond donors (Lipinski definition) is 3. The Labute approximate surface area is 428 Å². The van der Waals surface area contributed by atoms with Crippen LogP contribution in [-0.4, -0.2) is 98.8 Å².